The van der Waals surface area contributed by atoms with Crippen LogP contribution in [0, 0.1) is 11.3 Å². The Morgan fingerprint density at radius 2 is 1.81 bits per heavy atom. The molecule has 0 aliphatic heterocycles. The quantitative estimate of drug-likeness (QED) is 0.485. The van der Waals surface area contributed by atoms with Crippen molar-refractivity contribution in [2.75, 3.05) is 10.6 Å². The van der Waals surface area contributed by atoms with Gasteiger partial charge >= 0.3 is 0 Å². The first kappa shape index (κ1) is 22.3. The van der Waals surface area contributed by atoms with Gasteiger partial charge in [-0.3, -0.25) is 14.6 Å². The maximum atomic E-state index is 12.7. The van der Waals surface area contributed by atoms with Gasteiger partial charge in [-0.15, -0.1) is 0 Å². The number of nitrogens with zero attached hydrogens (tertiary/aromatic N) is 2. The van der Waals surface area contributed by atoms with Gasteiger partial charge in [0.25, 0.3) is 11.8 Å². The zero-order chi connectivity index (χ0) is 22.4. The molecule has 0 fully saturated rings. The Morgan fingerprint density at radius 1 is 1.03 bits per heavy atom. The molecule has 1 atom stereocenters. The Morgan fingerprint density at radius 3 is 2.55 bits per heavy atom. The molecule has 0 spiro atoms. The molecule has 1 unspecified atom stereocenters. The van der Waals surface area contributed by atoms with E-state index in [1.54, 1.807) is 30.3 Å². The van der Waals surface area contributed by atoms with Crippen molar-refractivity contribution in [1.29, 1.82) is 5.26 Å². The van der Waals surface area contributed by atoms with E-state index in [0.29, 0.717) is 28.4 Å². The van der Waals surface area contributed by atoms with Crippen LogP contribution >= 0.6 is 23.2 Å². The molecule has 2 aromatic carbocycles. The largest absolute Gasteiger partial charge is 0.322 e. The summed E-state index contributed by atoms with van der Waals surface area (Å²) in [6, 6.07) is 15.4. The van der Waals surface area contributed by atoms with Crippen molar-refractivity contribution in [3.8, 4) is 6.07 Å². The zero-order valence-corrected chi connectivity index (χ0v) is 18.0. The van der Waals surface area contributed by atoms with Crippen molar-refractivity contribution in [2.24, 2.45) is 0 Å². The van der Waals surface area contributed by atoms with E-state index in [0.717, 1.165) is 5.56 Å². The summed E-state index contributed by atoms with van der Waals surface area (Å²) in [5.41, 5.74) is 2.38. The van der Waals surface area contributed by atoms with Crippen LogP contribution in [0.25, 0.3) is 0 Å². The van der Waals surface area contributed by atoms with Crippen molar-refractivity contribution >= 4 is 46.4 Å². The van der Waals surface area contributed by atoms with E-state index in [1.165, 1.54) is 24.5 Å². The SMILES string of the molecule is CC(CC#N)c1cccc(C(=O)Nc2ccc(Cl)c(C(=O)Nc3cncc(Cl)c3)c2)c1. The number of carbonyl (C=O) groups is 2. The molecule has 0 bridgehead atoms. The summed E-state index contributed by atoms with van der Waals surface area (Å²) in [4.78, 5) is 29.3. The lowest BCUT2D eigenvalue weighted by molar-refractivity contribution is 0.101. The van der Waals surface area contributed by atoms with Gasteiger partial charge in [0.15, 0.2) is 0 Å². The fourth-order valence-corrected chi connectivity index (χ4v) is 3.28. The van der Waals surface area contributed by atoms with Crippen LogP contribution in [-0.4, -0.2) is 16.8 Å². The highest BCUT2D eigenvalue weighted by atomic mass is 35.5. The van der Waals surface area contributed by atoms with E-state index >= 15 is 0 Å². The van der Waals surface area contributed by atoms with Crippen molar-refractivity contribution in [2.45, 2.75) is 19.3 Å². The Balaban J connectivity index is 1.77. The maximum Gasteiger partial charge on any atom is 0.257 e. The third kappa shape index (κ3) is 5.82. The zero-order valence-electron chi connectivity index (χ0n) is 16.5. The van der Waals surface area contributed by atoms with E-state index in [4.69, 9.17) is 28.5 Å². The van der Waals surface area contributed by atoms with E-state index in [2.05, 4.69) is 21.7 Å². The first-order valence-electron chi connectivity index (χ1n) is 9.37. The predicted molar refractivity (Wildman–Crippen MR) is 122 cm³/mol. The fraction of sp³-hybridized carbons (Fsp3) is 0.130. The molecule has 1 heterocycles. The van der Waals surface area contributed by atoms with Crippen LogP contribution in [0.2, 0.25) is 10.0 Å². The van der Waals surface area contributed by atoms with E-state index in [-0.39, 0.29) is 22.4 Å². The second kappa shape index (κ2) is 10.1. The fourth-order valence-electron chi connectivity index (χ4n) is 2.90. The molecular formula is C23H18Cl2N4O2. The third-order valence-corrected chi connectivity index (χ3v) is 5.08. The lowest BCUT2D eigenvalue weighted by atomic mass is 9.96. The number of pyridine rings is 1. The normalized spacial score (nSPS) is 11.3. The van der Waals surface area contributed by atoms with Gasteiger partial charge in [0.05, 0.1) is 33.6 Å². The summed E-state index contributed by atoms with van der Waals surface area (Å²) in [7, 11) is 0. The summed E-state index contributed by atoms with van der Waals surface area (Å²) in [6.45, 7) is 1.93. The smallest absolute Gasteiger partial charge is 0.257 e. The number of benzene rings is 2. The number of hydrogen-bond acceptors (Lipinski definition) is 4. The van der Waals surface area contributed by atoms with Crippen molar-refractivity contribution in [3.63, 3.8) is 0 Å². The lowest BCUT2D eigenvalue weighted by Gasteiger charge is -2.12. The monoisotopic (exact) mass is 452 g/mol. The minimum absolute atomic E-state index is 0.0181. The Kier molecular flexibility index (Phi) is 7.24. The third-order valence-electron chi connectivity index (χ3n) is 4.55. The first-order valence-corrected chi connectivity index (χ1v) is 10.1. The standard InChI is InChI=1S/C23H18Cl2N4O2/c1-14(7-8-26)15-3-2-4-16(9-15)22(30)28-18-5-6-21(25)20(11-18)23(31)29-19-10-17(24)12-27-13-19/h2-6,9-14H,7H2,1H3,(H,28,30)(H,29,31). The molecule has 2 N–H and O–H groups in total. The molecular weight excluding hydrogens is 435 g/mol. The van der Waals surface area contributed by atoms with Crippen LogP contribution in [0.5, 0.6) is 0 Å². The molecule has 156 valence electrons. The van der Waals surface area contributed by atoms with E-state index in [1.807, 2.05) is 13.0 Å². The molecule has 3 aromatic rings. The van der Waals surface area contributed by atoms with E-state index < -0.39 is 5.91 Å². The van der Waals surface area contributed by atoms with Gasteiger partial charge < -0.3 is 10.6 Å². The molecule has 3 rings (SSSR count). The molecule has 8 heteroatoms. The van der Waals surface area contributed by atoms with Gasteiger partial charge in [0.1, 0.15) is 0 Å². The first-order chi connectivity index (χ1) is 14.9. The summed E-state index contributed by atoms with van der Waals surface area (Å²) in [5.74, 6) is -0.777. The average molecular weight is 453 g/mol. The van der Waals surface area contributed by atoms with Gasteiger partial charge in [-0.1, -0.05) is 42.3 Å². The minimum atomic E-state index is -0.461. The highest BCUT2D eigenvalue weighted by Gasteiger charge is 2.15. The number of amides is 2. The molecule has 0 aliphatic rings. The van der Waals surface area contributed by atoms with Crippen LogP contribution < -0.4 is 10.6 Å². The van der Waals surface area contributed by atoms with Crippen molar-refractivity contribution < 1.29 is 9.59 Å². The summed E-state index contributed by atoms with van der Waals surface area (Å²) in [6.07, 6.45) is 3.28. The summed E-state index contributed by atoms with van der Waals surface area (Å²) in [5, 5.41) is 15.0. The van der Waals surface area contributed by atoms with Gasteiger partial charge in [0, 0.05) is 23.9 Å². The molecule has 1 aromatic heterocycles. The molecule has 31 heavy (non-hydrogen) atoms. The number of carbonyl (C=O) groups excluding carboxylic acids is 2. The molecule has 2 amide bonds. The second-order valence-electron chi connectivity index (χ2n) is 6.88. The van der Waals surface area contributed by atoms with E-state index in [9.17, 15) is 9.59 Å². The second-order valence-corrected chi connectivity index (χ2v) is 7.73. The van der Waals surface area contributed by atoms with Gasteiger partial charge in [-0.2, -0.15) is 5.26 Å². The molecule has 6 nitrogen and oxygen atoms in total. The van der Waals surface area contributed by atoms with Crippen LogP contribution in [0.4, 0.5) is 11.4 Å². The lowest BCUT2D eigenvalue weighted by Crippen LogP contribution is -2.15. The molecule has 0 aliphatic carbocycles. The number of nitriles is 1. The van der Waals surface area contributed by atoms with Crippen molar-refractivity contribution in [3.05, 3.63) is 87.7 Å². The van der Waals surface area contributed by atoms with Crippen LogP contribution in [-0.2, 0) is 0 Å². The van der Waals surface area contributed by atoms with Crippen molar-refractivity contribution in [1.82, 2.24) is 4.98 Å². The average Bonchev–Trinajstić information content (AvgIpc) is 2.75. The molecule has 0 saturated carbocycles. The highest BCUT2D eigenvalue weighted by molar-refractivity contribution is 6.34. The Hall–Kier alpha value is -3.40. The predicted octanol–water partition coefficient (Wildman–Crippen LogP) is 5.91. The number of nitrogens with one attached hydrogen (secondary N) is 2. The topological polar surface area (TPSA) is 94.9 Å². The number of halogens is 2. The maximum absolute atomic E-state index is 12.7. The highest BCUT2D eigenvalue weighted by Crippen LogP contribution is 2.24. The van der Waals surface area contributed by atoms with Gasteiger partial charge in [0.2, 0.25) is 0 Å². The number of aromatic nitrogens is 1. The summed E-state index contributed by atoms with van der Waals surface area (Å²) >= 11 is 12.1. The minimum Gasteiger partial charge on any atom is -0.322 e. The Bertz CT molecular complexity index is 1170. The number of hydrogen-bond donors (Lipinski definition) is 2. The molecule has 0 saturated heterocycles. The van der Waals surface area contributed by atoms with Crippen LogP contribution in [0.15, 0.2) is 60.9 Å². The van der Waals surface area contributed by atoms with Gasteiger partial charge in [-0.25, -0.2) is 0 Å². The van der Waals surface area contributed by atoms with Crippen LogP contribution in [0.1, 0.15) is 45.5 Å². The number of anilines is 2. The molecule has 0 radical (unpaired) electrons. The van der Waals surface area contributed by atoms with Gasteiger partial charge in [-0.05, 0) is 47.9 Å². The van der Waals surface area contributed by atoms with Crippen LogP contribution in [0.3, 0.4) is 0 Å². The number of rotatable bonds is 6. The Labute approximate surface area is 189 Å². The summed E-state index contributed by atoms with van der Waals surface area (Å²) < 4.78 is 0.